The predicted octanol–water partition coefficient (Wildman–Crippen LogP) is 10.6. The van der Waals surface area contributed by atoms with Gasteiger partial charge in [0.15, 0.2) is 17.5 Å². The lowest BCUT2D eigenvalue weighted by Gasteiger charge is -2.29. The molecular formula is C44H33N3. The van der Waals surface area contributed by atoms with Gasteiger partial charge in [0.2, 0.25) is 0 Å². The van der Waals surface area contributed by atoms with Gasteiger partial charge < -0.3 is 0 Å². The molecule has 2 aliphatic rings. The lowest BCUT2D eigenvalue weighted by Crippen LogP contribution is -2.18. The van der Waals surface area contributed by atoms with E-state index in [9.17, 15) is 0 Å². The molecule has 2 aliphatic carbocycles. The van der Waals surface area contributed by atoms with Crippen LogP contribution in [0.5, 0.6) is 0 Å². The molecule has 0 radical (unpaired) electrons. The second-order valence-electron chi connectivity index (χ2n) is 13.2. The van der Waals surface area contributed by atoms with E-state index in [1.807, 2.05) is 24.3 Å². The number of nitrogens with zero attached hydrogens (tertiary/aromatic N) is 3. The molecular weight excluding hydrogens is 571 g/mol. The maximum atomic E-state index is 5.11. The number of fused-ring (bicyclic) bond motifs is 7. The van der Waals surface area contributed by atoms with Gasteiger partial charge in [-0.25, -0.2) is 15.0 Å². The molecule has 0 bridgehead atoms. The zero-order valence-corrected chi connectivity index (χ0v) is 26.5. The molecule has 3 heteroatoms. The first kappa shape index (κ1) is 27.6. The molecule has 7 aromatic rings. The minimum atomic E-state index is -0.0630. The Kier molecular flexibility index (Phi) is 6.29. The molecule has 9 rings (SSSR count). The third kappa shape index (κ3) is 4.53. The van der Waals surface area contributed by atoms with Crippen molar-refractivity contribution >= 4 is 0 Å². The monoisotopic (exact) mass is 603 g/mol. The van der Waals surface area contributed by atoms with E-state index in [1.54, 1.807) is 0 Å². The zero-order valence-electron chi connectivity index (χ0n) is 26.5. The van der Waals surface area contributed by atoms with Gasteiger partial charge in [0, 0.05) is 22.1 Å². The van der Waals surface area contributed by atoms with Gasteiger partial charge >= 0.3 is 0 Å². The van der Waals surface area contributed by atoms with Gasteiger partial charge in [-0.3, -0.25) is 0 Å². The molecule has 6 aromatic carbocycles. The first-order valence-corrected chi connectivity index (χ1v) is 16.4. The lowest BCUT2D eigenvalue weighted by molar-refractivity contribution is 0.660. The second-order valence-corrected chi connectivity index (χ2v) is 13.2. The highest BCUT2D eigenvalue weighted by Crippen LogP contribution is 2.54. The molecule has 224 valence electrons. The second kappa shape index (κ2) is 10.7. The third-order valence-electron chi connectivity index (χ3n) is 10.00. The topological polar surface area (TPSA) is 38.7 Å². The summed E-state index contributed by atoms with van der Waals surface area (Å²) in [6, 6.07) is 49.6. The third-order valence-corrected chi connectivity index (χ3v) is 10.00. The van der Waals surface area contributed by atoms with Crippen LogP contribution in [0.4, 0.5) is 0 Å². The Bertz CT molecular complexity index is 2320. The van der Waals surface area contributed by atoms with Crippen molar-refractivity contribution in [2.45, 2.75) is 32.1 Å². The van der Waals surface area contributed by atoms with Crippen LogP contribution in [0.25, 0.3) is 67.5 Å². The molecule has 47 heavy (non-hydrogen) atoms. The van der Waals surface area contributed by atoms with E-state index in [0.717, 1.165) is 35.1 Å². The summed E-state index contributed by atoms with van der Waals surface area (Å²) in [7, 11) is 0. The minimum Gasteiger partial charge on any atom is -0.208 e. The summed E-state index contributed by atoms with van der Waals surface area (Å²) in [6.45, 7) is 4.76. The van der Waals surface area contributed by atoms with Crippen molar-refractivity contribution in [3.63, 3.8) is 0 Å². The molecule has 3 nitrogen and oxygen atoms in total. The molecule has 0 unspecified atom stereocenters. The molecule has 0 saturated carbocycles. The highest BCUT2D eigenvalue weighted by Gasteiger charge is 2.39. The fourth-order valence-corrected chi connectivity index (χ4v) is 7.70. The van der Waals surface area contributed by atoms with Crippen molar-refractivity contribution in [1.29, 1.82) is 0 Å². The molecule has 0 amide bonds. The van der Waals surface area contributed by atoms with Crippen LogP contribution in [-0.4, -0.2) is 15.0 Å². The maximum Gasteiger partial charge on any atom is 0.164 e. The molecule has 0 atom stereocenters. The number of benzene rings is 6. The Labute approximate surface area is 275 Å². The van der Waals surface area contributed by atoms with Gasteiger partial charge in [-0.1, -0.05) is 141 Å². The number of aromatic nitrogens is 3. The smallest absolute Gasteiger partial charge is 0.164 e. The Morgan fingerprint density at radius 2 is 1.00 bits per heavy atom. The van der Waals surface area contributed by atoms with Crippen molar-refractivity contribution in [2.24, 2.45) is 0 Å². The van der Waals surface area contributed by atoms with Gasteiger partial charge in [-0.15, -0.1) is 0 Å². The molecule has 0 N–H and O–H groups in total. The van der Waals surface area contributed by atoms with E-state index in [1.165, 1.54) is 50.1 Å². The van der Waals surface area contributed by atoms with Gasteiger partial charge in [0.05, 0.1) is 0 Å². The van der Waals surface area contributed by atoms with Crippen LogP contribution in [0.2, 0.25) is 0 Å². The molecule has 0 fully saturated rings. The average Bonchev–Trinajstić information content (AvgIpc) is 3.38. The van der Waals surface area contributed by atoms with Crippen LogP contribution < -0.4 is 0 Å². The number of rotatable bonds is 4. The fraction of sp³-hybridized carbons (Fsp3) is 0.114. The summed E-state index contributed by atoms with van der Waals surface area (Å²) < 4.78 is 0. The summed E-state index contributed by atoms with van der Waals surface area (Å²) in [5, 5.41) is 0. The standard InChI is InChI=1S/C44H33N3/c1-44(2)38-19-10-9-18-36(38)37-25-22-29-20-21-32-27-34(23-24-35(32)39(29)40(37)44)43-46-41(30-14-7-4-8-15-30)45-42(47-43)33-17-11-16-31(26-33)28-12-5-3-6-13-28/h3-19,22-27H,20-21H2,1-2H3. The first-order valence-electron chi connectivity index (χ1n) is 16.4. The molecule has 0 aliphatic heterocycles. The normalized spacial score (nSPS) is 13.7. The first-order chi connectivity index (χ1) is 23.0. The van der Waals surface area contributed by atoms with Crippen molar-refractivity contribution < 1.29 is 0 Å². The lowest BCUT2D eigenvalue weighted by atomic mass is 9.74. The van der Waals surface area contributed by atoms with Crippen LogP contribution in [-0.2, 0) is 18.3 Å². The van der Waals surface area contributed by atoms with E-state index in [2.05, 4.69) is 129 Å². The summed E-state index contributed by atoms with van der Waals surface area (Å²) in [5.41, 5.74) is 16.3. The molecule has 0 spiro atoms. The van der Waals surface area contributed by atoms with Crippen LogP contribution in [0.1, 0.15) is 36.1 Å². The summed E-state index contributed by atoms with van der Waals surface area (Å²) in [5.74, 6) is 2.04. The van der Waals surface area contributed by atoms with E-state index in [0.29, 0.717) is 17.5 Å². The van der Waals surface area contributed by atoms with E-state index >= 15 is 0 Å². The van der Waals surface area contributed by atoms with Crippen LogP contribution >= 0.6 is 0 Å². The Hall–Kier alpha value is -5.67. The van der Waals surface area contributed by atoms with Crippen LogP contribution in [0.3, 0.4) is 0 Å². The minimum absolute atomic E-state index is 0.0630. The quantitative estimate of drug-likeness (QED) is 0.201. The Morgan fingerprint density at radius 3 is 1.77 bits per heavy atom. The molecule has 0 saturated heterocycles. The highest BCUT2D eigenvalue weighted by molar-refractivity contribution is 5.91. The molecule has 1 aromatic heterocycles. The number of hydrogen-bond acceptors (Lipinski definition) is 3. The van der Waals surface area contributed by atoms with Crippen molar-refractivity contribution in [1.82, 2.24) is 15.0 Å². The maximum absolute atomic E-state index is 5.11. The summed E-state index contributed by atoms with van der Waals surface area (Å²) in [6.07, 6.45) is 2.01. The Morgan fingerprint density at radius 1 is 0.426 bits per heavy atom. The SMILES string of the molecule is CC1(C)c2ccccc2-c2ccc3c(c21)-c1ccc(-c2nc(-c4ccccc4)nc(-c4cccc(-c5ccccc5)c4)n2)cc1CC3. The van der Waals surface area contributed by atoms with Crippen LogP contribution in [0, 0.1) is 0 Å². The summed E-state index contributed by atoms with van der Waals surface area (Å²) in [4.78, 5) is 15.2. The van der Waals surface area contributed by atoms with Crippen molar-refractivity contribution in [3.05, 3.63) is 162 Å². The van der Waals surface area contributed by atoms with Crippen molar-refractivity contribution in [2.75, 3.05) is 0 Å². The van der Waals surface area contributed by atoms with E-state index < -0.39 is 0 Å². The van der Waals surface area contributed by atoms with E-state index in [-0.39, 0.29) is 5.41 Å². The van der Waals surface area contributed by atoms with Gasteiger partial charge in [-0.05, 0) is 80.6 Å². The predicted molar refractivity (Wildman–Crippen MR) is 192 cm³/mol. The zero-order chi connectivity index (χ0) is 31.5. The van der Waals surface area contributed by atoms with Gasteiger partial charge in [0.1, 0.15) is 0 Å². The van der Waals surface area contributed by atoms with Crippen molar-refractivity contribution in [3.8, 4) is 67.5 Å². The number of aryl methyl sites for hydroxylation is 2. The molecule has 1 heterocycles. The highest BCUT2D eigenvalue weighted by atomic mass is 15.0. The van der Waals surface area contributed by atoms with Crippen LogP contribution in [0.15, 0.2) is 140 Å². The number of hydrogen-bond donors (Lipinski definition) is 0. The van der Waals surface area contributed by atoms with E-state index in [4.69, 9.17) is 15.0 Å². The Balaban J connectivity index is 1.18. The van der Waals surface area contributed by atoms with Gasteiger partial charge in [0.25, 0.3) is 0 Å². The van der Waals surface area contributed by atoms with Gasteiger partial charge in [-0.2, -0.15) is 0 Å². The average molecular weight is 604 g/mol. The summed E-state index contributed by atoms with van der Waals surface area (Å²) >= 11 is 0. The fourth-order valence-electron chi connectivity index (χ4n) is 7.70. The largest absolute Gasteiger partial charge is 0.208 e.